The standard InChI is InChI=1S/C27H32FN5OS/c1-30-9-11-31(12-10-30)19-21-5-4-6-22(17-21)27-29-23(20-35-27)18-26(34)33-15-13-32(14-16-33)25-8-3-2-7-24(25)28/h2-8,17,20H,9-16,18-19H2,1H3. The monoisotopic (exact) mass is 493 g/mol. The van der Waals surface area contributed by atoms with Crippen LogP contribution < -0.4 is 4.90 Å². The average molecular weight is 494 g/mol. The summed E-state index contributed by atoms with van der Waals surface area (Å²) in [6, 6.07) is 15.4. The van der Waals surface area contributed by atoms with Gasteiger partial charge in [0.05, 0.1) is 17.8 Å². The molecular formula is C27H32FN5OS. The van der Waals surface area contributed by atoms with E-state index in [9.17, 15) is 9.18 Å². The molecule has 0 saturated carbocycles. The minimum atomic E-state index is -0.213. The molecule has 35 heavy (non-hydrogen) atoms. The summed E-state index contributed by atoms with van der Waals surface area (Å²) in [5.41, 5.74) is 3.83. The number of rotatable bonds is 6. The van der Waals surface area contributed by atoms with Gasteiger partial charge in [-0.1, -0.05) is 30.3 Å². The van der Waals surface area contributed by atoms with Gasteiger partial charge in [0.1, 0.15) is 10.8 Å². The van der Waals surface area contributed by atoms with Gasteiger partial charge in [0, 0.05) is 69.8 Å². The lowest BCUT2D eigenvalue weighted by Crippen LogP contribution is -2.49. The Labute approximate surface area is 210 Å². The third-order valence-electron chi connectivity index (χ3n) is 6.89. The number of benzene rings is 2. The molecule has 8 heteroatoms. The molecule has 0 N–H and O–H groups in total. The Morgan fingerprint density at radius 2 is 1.74 bits per heavy atom. The van der Waals surface area contributed by atoms with Crippen molar-refractivity contribution in [2.75, 3.05) is 64.3 Å². The molecule has 2 saturated heterocycles. The van der Waals surface area contributed by atoms with Gasteiger partial charge in [-0.05, 0) is 30.8 Å². The van der Waals surface area contributed by atoms with E-state index in [2.05, 4.69) is 41.1 Å². The zero-order valence-corrected chi connectivity index (χ0v) is 21.0. The van der Waals surface area contributed by atoms with Crippen molar-refractivity contribution in [3.63, 3.8) is 0 Å². The molecule has 6 nitrogen and oxygen atoms in total. The van der Waals surface area contributed by atoms with Crippen LogP contribution in [0.4, 0.5) is 10.1 Å². The van der Waals surface area contributed by atoms with E-state index in [1.165, 1.54) is 11.6 Å². The van der Waals surface area contributed by atoms with E-state index in [0.29, 0.717) is 38.3 Å². The maximum Gasteiger partial charge on any atom is 0.228 e. The first-order valence-electron chi connectivity index (χ1n) is 12.3. The lowest BCUT2D eigenvalue weighted by Gasteiger charge is -2.36. The third kappa shape index (κ3) is 5.89. The van der Waals surface area contributed by atoms with Gasteiger partial charge in [0.2, 0.25) is 5.91 Å². The predicted molar refractivity (Wildman–Crippen MR) is 139 cm³/mol. The summed E-state index contributed by atoms with van der Waals surface area (Å²) in [4.78, 5) is 26.4. The Hall–Kier alpha value is -2.81. The molecule has 2 aliphatic heterocycles. The zero-order chi connectivity index (χ0) is 24.2. The third-order valence-corrected chi connectivity index (χ3v) is 7.83. The molecule has 2 fully saturated rings. The van der Waals surface area contributed by atoms with Gasteiger partial charge < -0.3 is 14.7 Å². The molecular weight excluding hydrogens is 461 g/mol. The molecule has 0 spiro atoms. The second-order valence-corrected chi connectivity index (χ2v) is 10.3. The summed E-state index contributed by atoms with van der Waals surface area (Å²) in [7, 11) is 2.18. The van der Waals surface area contributed by atoms with Crippen molar-refractivity contribution < 1.29 is 9.18 Å². The summed E-state index contributed by atoms with van der Waals surface area (Å²) in [5.74, 6) is -0.131. The van der Waals surface area contributed by atoms with Crippen molar-refractivity contribution in [3.05, 3.63) is 71.0 Å². The van der Waals surface area contributed by atoms with E-state index in [4.69, 9.17) is 4.98 Å². The van der Waals surface area contributed by atoms with Gasteiger partial charge >= 0.3 is 0 Å². The van der Waals surface area contributed by atoms with E-state index in [-0.39, 0.29) is 11.7 Å². The Bertz CT molecular complexity index is 1150. The first-order chi connectivity index (χ1) is 17.0. The Morgan fingerprint density at radius 3 is 2.51 bits per heavy atom. The van der Waals surface area contributed by atoms with Crippen LogP contribution in [0.25, 0.3) is 10.6 Å². The van der Waals surface area contributed by atoms with Gasteiger partial charge in [0.15, 0.2) is 0 Å². The number of thiazole rings is 1. The number of amides is 1. The number of carbonyl (C=O) groups excluding carboxylic acids is 1. The van der Waals surface area contributed by atoms with Crippen LogP contribution in [0.2, 0.25) is 0 Å². The van der Waals surface area contributed by atoms with Crippen molar-refractivity contribution >= 4 is 22.9 Å². The average Bonchev–Trinajstić information content (AvgIpc) is 3.35. The Balaban J connectivity index is 1.16. The maximum atomic E-state index is 14.1. The molecule has 0 unspecified atom stereocenters. The van der Waals surface area contributed by atoms with Crippen LogP contribution in [0, 0.1) is 5.82 Å². The minimum absolute atomic E-state index is 0.0823. The highest BCUT2D eigenvalue weighted by molar-refractivity contribution is 7.13. The molecule has 0 atom stereocenters. The molecule has 5 rings (SSSR count). The second kappa shape index (κ2) is 10.8. The molecule has 1 amide bonds. The molecule has 184 valence electrons. The van der Waals surface area contributed by atoms with E-state index in [0.717, 1.165) is 49.0 Å². The topological polar surface area (TPSA) is 42.9 Å². The van der Waals surface area contributed by atoms with Crippen LogP contribution in [-0.4, -0.2) is 85.0 Å². The van der Waals surface area contributed by atoms with Gasteiger partial charge in [0.25, 0.3) is 0 Å². The normalized spacial score (nSPS) is 17.7. The highest BCUT2D eigenvalue weighted by atomic mass is 32.1. The van der Waals surface area contributed by atoms with E-state index in [1.54, 1.807) is 23.5 Å². The molecule has 3 heterocycles. The van der Waals surface area contributed by atoms with Crippen molar-refractivity contribution in [1.29, 1.82) is 0 Å². The van der Waals surface area contributed by atoms with E-state index < -0.39 is 0 Å². The number of hydrogen-bond acceptors (Lipinski definition) is 6. The number of para-hydroxylation sites is 1. The smallest absolute Gasteiger partial charge is 0.228 e. The zero-order valence-electron chi connectivity index (χ0n) is 20.2. The summed E-state index contributed by atoms with van der Waals surface area (Å²) in [6.45, 7) is 7.83. The number of anilines is 1. The van der Waals surface area contributed by atoms with Gasteiger partial charge in [-0.15, -0.1) is 11.3 Å². The van der Waals surface area contributed by atoms with E-state index >= 15 is 0 Å². The molecule has 2 aliphatic rings. The first-order valence-corrected chi connectivity index (χ1v) is 13.1. The molecule has 0 radical (unpaired) electrons. The van der Waals surface area contributed by atoms with Crippen LogP contribution in [0.5, 0.6) is 0 Å². The Morgan fingerprint density at radius 1 is 0.971 bits per heavy atom. The number of likely N-dealkylation sites (N-methyl/N-ethyl adjacent to an activating group) is 1. The lowest BCUT2D eigenvalue weighted by atomic mass is 10.1. The molecule has 3 aromatic rings. The minimum Gasteiger partial charge on any atom is -0.366 e. The van der Waals surface area contributed by atoms with Crippen LogP contribution >= 0.6 is 11.3 Å². The highest BCUT2D eigenvalue weighted by Crippen LogP contribution is 2.26. The molecule has 0 bridgehead atoms. The predicted octanol–water partition coefficient (Wildman–Crippen LogP) is 3.59. The number of halogens is 1. The summed E-state index contributed by atoms with van der Waals surface area (Å²) >= 11 is 1.59. The van der Waals surface area contributed by atoms with Gasteiger partial charge in [-0.2, -0.15) is 0 Å². The van der Waals surface area contributed by atoms with Crippen LogP contribution in [-0.2, 0) is 17.8 Å². The number of aromatic nitrogens is 1. The second-order valence-electron chi connectivity index (χ2n) is 9.42. The maximum absolute atomic E-state index is 14.1. The number of carbonyl (C=O) groups is 1. The Kier molecular flexibility index (Phi) is 7.41. The first kappa shape index (κ1) is 23.9. The fourth-order valence-corrected chi connectivity index (χ4v) is 5.58. The summed E-state index contributed by atoms with van der Waals surface area (Å²) in [5, 5.41) is 2.95. The fourth-order valence-electron chi connectivity index (χ4n) is 4.76. The van der Waals surface area contributed by atoms with Crippen LogP contribution in [0.3, 0.4) is 0 Å². The highest BCUT2D eigenvalue weighted by Gasteiger charge is 2.23. The van der Waals surface area contributed by atoms with Gasteiger partial charge in [-0.25, -0.2) is 9.37 Å². The quantitative estimate of drug-likeness (QED) is 0.525. The van der Waals surface area contributed by atoms with Gasteiger partial charge in [-0.3, -0.25) is 9.69 Å². The largest absolute Gasteiger partial charge is 0.366 e. The van der Waals surface area contributed by atoms with E-state index in [1.807, 2.05) is 21.2 Å². The van der Waals surface area contributed by atoms with Crippen molar-refractivity contribution in [2.45, 2.75) is 13.0 Å². The van der Waals surface area contributed by atoms with Crippen molar-refractivity contribution in [3.8, 4) is 10.6 Å². The number of nitrogens with zero attached hydrogens (tertiary/aromatic N) is 5. The van der Waals surface area contributed by atoms with Crippen molar-refractivity contribution in [2.24, 2.45) is 0 Å². The molecule has 1 aromatic heterocycles. The molecule has 2 aromatic carbocycles. The van der Waals surface area contributed by atoms with Crippen LogP contribution in [0.15, 0.2) is 53.9 Å². The summed E-state index contributed by atoms with van der Waals surface area (Å²) in [6.07, 6.45) is 0.303. The number of piperazine rings is 2. The summed E-state index contributed by atoms with van der Waals surface area (Å²) < 4.78 is 14.1. The SMILES string of the molecule is CN1CCN(Cc2cccc(-c3nc(CC(=O)N4CCN(c5ccccc5F)CC4)cs3)c2)CC1. The fraction of sp³-hybridized carbons (Fsp3) is 0.407. The van der Waals surface area contributed by atoms with Crippen molar-refractivity contribution in [1.82, 2.24) is 19.7 Å². The lowest BCUT2D eigenvalue weighted by molar-refractivity contribution is -0.130. The number of hydrogen-bond donors (Lipinski definition) is 0. The molecule has 0 aliphatic carbocycles. The van der Waals surface area contributed by atoms with Crippen LogP contribution in [0.1, 0.15) is 11.3 Å².